The van der Waals surface area contributed by atoms with E-state index in [1.807, 2.05) is 24.3 Å². The van der Waals surface area contributed by atoms with Crippen LogP contribution in [0, 0.1) is 0 Å². The van der Waals surface area contributed by atoms with Crippen LogP contribution in [0.25, 0.3) is 10.8 Å². The van der Waals surface area contributed by atoms with Gasteiger partial charge in [0.05, 0.1) is 23.6 Å². The van der Waals surface area contributed by atoms with Gasteiger partial charge in [0.15, 0.2) is 0 Å². The van der Waals surface area contributed by atoms with Gasteiger partial charge in [-0.3, -0.25) is 0 Å². The molecule has 0 spiro atoms. The van der Waals surface area contributed by atoms with Crippen molar-refractivity contribution < 1.29 is 18.6 Å². The van der Waals surface area contributed by atoms with Crippen molar-refractivity contribution in [1.82, 2.24) is 4.72 Å². The molecule has 3 N–H and O–H groups in total. The van der Waals surface area contributed by atoms with Crippen molar-refractivity contribution in [1.29, 1.82) is 0 Å². The van der Waals surface area contributed by atoms with Gasteiger partial charge < -0.3 is 10.2 Å². The zero-order valence-electron chi connectivity index (χ0n) is 11.1. The van der Waals surface area contributed by atoms with Gasteiger partial charge in [0.25, 0.3) is 0 Å². The van der Waals surface area contributed by atoms with Crippen LogP contribution in [0.15, 0.2) is 47.4 Å². The molecule has 0 unspecified atom stereocenters. The second kappa shape index (κ2) is 5.49. The summed E-state index contributed by atoms with van der Waals surface area (Å²) in [7, 11) is -3.80. The number of benzene rings is 2. The Hall–Kier alpha value is -1.47. The SMILES string of the molecule is CC(CO)(CO)NS(=O)(=O)c1ccc2ccccc2c1. The molecule has 0 aliphatic heterocycles. The summed E-state index contributed by atoms with van der Waals surface area (Å²) >= 11 is 0. The topological polar surface area (TPSA) is 86.6 Å². The normalized spacial score (nSPS) is 12.8. The van der Waals surface area contributed by atoms with Crippen LogP contribution < -0.4 is 4.72 Å². The molecule has 0 radical (unpaired) electrons. The van der Waals surface area contributed by atoms with Crippen LogP contribution in [0.2, 0.25) is 0 Å². The molecular weight excluding hydrogens is 278 g/mol. The van der Waals surface area contributed by atoms with E-state index in [0.717, 1.165) is 10.8 Å². The smallest absolute Gasteiger partial charge is 0.241 e. The monoisotopic (exact) mass is 295 g/mol. The van der Waals surface area contributed by atoms with Crippen LogP contribution in [0.3, 0.4) is 0 Å². The molecule has 0 aliphatic carbocycles. The summed E-state index contributed by atoms with van der Waals surface area (Å²) in [6.07, 6.45) is 0. The zero-order chi connectivity index (χ0) is 14.8. The van der Waals surface area contributed by atoms with Crippen molar-refractivity contribution in [3.05, 3.63) is 42.5 Å². The minimum absolute atomic E-state index is 0.101. The quantitative estimate of drug-likeness (QED) is 0.763. The molecular formula is C14H17NO4S. The second-order valence-electron chi connectivity index (χ2n) is 4.99. The number of hydrogen-bond acceptors (Lipinski definition) is 4. The van der Waals surface area contributed by atoms with Crippen LogP contribution in [0.5, 0.6) is 0 Å². The standard InChI is InChI=1S/C14H17NO4S/c1-14(9-16,10-17)15-20(18,19)13-7-6-11-4-2-3-5-12(11)8-13/h2-8,15-17H,9-10H2,1H3. The molecule has 0 saturated carbocycles. The van der Waals surface area contributed by atoms with Gasteiger partial charge in [-0.05, 0) is 29.8 Å². The number of rotatable bonds is 5. The molecule has 20 heavy (non-hydrogen) atoms. The number of sulfonamides is 1. The lowest BCUT2D eigenvalue weighted by Crippen LogP contribution is -2.51. The fourth-order valence-corrected chi connectivity index (χ4v) is 3.26. The molecule has 5 nitrogen and oxygen atoms in total. The molecule has 0 amide bonds. The highest BCUT2D eigenvalue weighted by molar-refractivity contribution is 7.89. The average Bonchev–Trinajstić information content (AvgIpc) is 2.46. The van der Waals surface area contributed by atoms with E-state index >= 15 is 0 Å². The van der Waals surface area contributed by atoms with E-state index in [-0.39, 0.29) is 4.90 Å². The van der Waals surface area contributed by atoms with Crippen molar-refractivity contribution in [3.63, 3.8) is 0 Å². The first-order valence-electron chi connectivity index (χ1n) is 6.15. The van der Waals surface area contributed by atoms with E-state index in [9.17, 15) is 18.6 Å². The Balaban J connectivity index is 2.41. The predicted molar refractivity (Wildman–Crippen MR) is 76.8 cm³/mol. The number of fused-ring (bicyclic) bond motifs is 1. The van der Waals surface area contributed by atoms with Gasteiger partial charge in [-0.2, -0.15) is 0 Å². The molecule has 0 fully saturated rings. The first-order valence-corrected chi connectivity index (χ1v) is 7.63. The second-order valence-corrected chi connectivity index (χ2v) is 6.67. The summed E-state index contributed by atoms with van der Waals surface area (Å²) in [5, 5.41) is 20.1. The van der Waals surface area contributed by atoms with Crippen LogP contribution in [-0.2, 0) is 10.0 Å². The van der Waals surface area contributed by atoms with Crippen molar-refractivity contribution in [2.24, 2.45) is 0 Å². The lowest BCUT2D eigenvalue weighted by atomic mass is 10.1. The van der Waals surface area contributed by atoms with Gasteiger partial charge in [0.2, 0.25) is 10.0 Å². The Morgan fingerprint density at radius 3 is 2.25 bits per heavy atom. The van der Waals surface area contributed by atoms with Crippen LogP contribution in [0.4, 0.5) is 0 Å². The summed E-state index contributed by atoms with van der Waals surface area (Å²) < 4.78 is 26.9. The summed E-state index contributed by atoms with van der Waals surface area (Å²) in [4.78, 5) is 0.101. The molecule has 2 rings (SSSR count). The Kier molecular flexibility index (Phi) is 4.10. The zero-order valence-corrected chi connectivity index (χ0v) is 11.9. The highest BCUT2D eigenvalue weighted by atomic mass is 32.2. The molecule has 0 saturated heterocycles. The highest BCUT2D eigenvalue weighted by Gasteiger charge is 2.29. The van der Waals surface area contributed by atoms with Crippen LogP contribution >= 0.6 is 0 Å². The summed E-state index contributed by atoms with van der Waals surface area (Å²) in [6.45, 7) is 0.457. The lowest BCUT2D eigenvalue weighted by Gasteiger charge is -2.25. The van der Waals surface area contributed by atoms with E-state index in [2.05, 4.69) is 4.72 Å². The Labute approximate surface area is 117 Å². The summed E-state index contributed by atoms with van der Waals surface area (Å²) in [5.41, 5.74) is -1.29. The third kappa shape index (κ3) is 2.99. The summed E-state index contributed by atoms with van der Waals surface area (Å²) in [5.74, 6) is 0. The van der Waals surface area contributed by atoms with E-state index in [4.69, 9.17) is 0 Å². The molecule has 0 aromatic heterocycles. The van der Waals surface area contributed by atoms with Gasteiger partial charge in [-0.1, -0.05) is 30.3 Å². The van der Waals surface area contributed by atoms with Crippen LogP contribution in [-0.4, -0.2) is 37.4 Å². The van der Waals surface area contributed by atoms with Gasteiger partial charge in [0.1, 0.15) is 0 Å². The van der Waals surface area contributed by atoms with Gasteiger partial charge in [-0.15, -0.1) is 0 Å². The van der Waals surface area contributed by atoms with E-state index in [1.54, 1.807) is 12.1 Å². The third-order valence-corrected chi connectivity index (χ3v) is 4.75. The third-order valence-electron chi connectivity index (χ3n) is 3.11. The maximum Gasteiger partial charge on any atom is 0.241 e. The fraction of sp³-hybridized carbons (Fsp3) is 0.286. The molecule has 0 aliphatic rings. The molecule has 6 heteroatoms. The molecule has 0 bridgehead atoms. The summed E-state index contributed by atoms with van der Waals surface area (Å²) in [6, 6.07) is 12.2. The Morgan fingerprint density at radius 1 is 1.05 bits per heavy atom. The molecule has 0 heterocycles. The molecule has 2 aromatic rings. The van der Waals surface area contributed by atoms with Crippen molar-refractivity contribution in [2.75, 3.05) is 13.2 Å². The van der Waals surface area contributed by atoms with Crippen molar-refractivity contribution in [3.8, 4) is 0 Å². The largest absolute Gasteiger partial charge is 0.394 e. The first kappa shape index (κ1) is 14.9. The molecule has 2 aromatic carbocycles. The number of aliphatic hydroxyl groups is 2. The highest BCUT2D eigenvalue weighted by Crippen LogP contribution is 2.20. The molecule has 108 valence electrons. The number of nitrogens with one attached hydrogen (secondary N) is 1. The van der Waals surface area contributed by atoms with Gasteiger partial charge in [0, 0.05) is 0 Å². The maximum absolute atomic E-state index is 12.3. The Morgan fingerprint density at radius 2 is 1.65 bits per heavy atom. The van der Waals surface area contributed by atoms with E-state index in [0.29, 0.717) is 0 Å². The van der Waals surface area contributed by atoms with Crippen molar-refractivity contribution >= 4 is 20.8 Å². The average molecular weight is 295 g/mol. The fourth-order valence-electron chi connectivity index (χ4n) is 1.83. The minimum atomic E-state index is -3.80. The number of aliphatic hydroxyl groups excluding tert-OH is 2. The van der Waals surface area contributed by atoms with E-state index in [1.165, 1.54) is 13.0 Å². The van der Waals surface area contributed by atoms with Crippen LogP contribution in [0.1, 0.15) is 6.92 Å². The van der Waals surface area contributed by atoms with Crippen molar-refractivity contribution in [2.45, 2.75) is 17.4 Å². The molecule has 0 atom stereocenters. The first-order chi connectivity index (χ1) is 9.40. The van der Waals surface area contributed by atoms with E-state index < -0.39 is 28.8 Å². The predicted octanol–water partition coefficient (Wildman–Crippen LogP) is 0.861. The van der Waals surface area contributed by atoms with Gasteiger partial charge in [-0.25, -0.2) is 13.1 Å². The van der Waals surface area contributed by atoms with Gasteiger partial charge >= 0.3 is 0 Å². The lowest BCUT2D eigenvalue weighted by molar-refractivity contribution is 0.122. The minimum Gasteiger partial charge on any atom is -0.394 e. The Bertz CT molecular complexity index is 708. The maximum atomic E-state index is 12.3. The number of hydrogen-bond donors (Lipinski definition) is 3.